The fourth-order valence-electron chi connectivity index (χ4n) is 1.42. The van der Waals surface area contributed by atoms with Gasteiger partial charge in [0.25, 0.3) is 0 Å². The Morgan fingerprint density at radius 3 is 2.72 bits per heavy atom. The SMILES string of the molecule is CCc1cc(N)cc(Br)c1NC(=O)NC(N)=NC. The normalized spacial score (nSPS) is 11.2. The Morgan fingerprint density at radius 1 is 1.50 bits per heavy atom. The highest BCUT2D eigenvalue weighted by atomic mass is 79.9. The van der Waals surface area contributed by atoms with E-state index in [9.17, 15) is 4.79 Å². The Hall–Kier alpha value is -1.76. The van der Waals surface area contributed by atoms with Crippen LogP contribution in [0.25, 0.3) is 0 Å². The van der Waals surface area contributed by atoms with Gasteiger partial charge in [-0.2, -0.15) is 0 Å². The monoisotopic (exact) mass is 313 g/mol. The zero-order valence-corrected chi connectivity index (χ0v) is 11.8. The van der Waals surface area contributed by atoms with Crippen LogP contribution in [0.15, 0.2) is 21.6 Å². The van der Waals surface area contributed by atoms with E-state index in [0.717, 1.165) is 16.5 Å². The van der Waals surface area contributed by atoms with Crippen molar-refractivity contribution in [3.63, 3.8) is 0 Å². The van der Waals surface area contributed by atoms with Gasteiger partial charge in [0.1, 0.15) is 0 Å². The number of guanidine groups is 1. The quantitative estimate of drug-likeness (QED) is 0.379. The van der Waals surface area contributed by atoms with Gasteiger partial charge in [-0.25, -0.2) is 4.79 Å². The molecule has 1 aromatic rings. The molecule has 0 fully saturated rings. The number of halogens is 1. The summed E-state index contributed by atoms with van der Waals surface area (Å²) in [6, 6.07) is 3.10. The van der Waals surface area contributed by atoms with Crippen LogP contribution in [-0.4, -0.2) is 19.0 Å². The topological polar surface area (TPSA) is 106 Å². The predicted molar refractivity (Wildman–Crippen MR) is 77.6 cm³/mol. The molecule has 7 heteroatoms. The first-order chi connectivity index (χ1) is 8.47. The zero-order valence-electron chi connectivity index (χ0n) is 10.2. The third kappa shape index (κ3) is 3.63. The van der Waals surface area contributed by atoms with Gasteiger partial charge >= 0.3 is 6.03 Å². The van der Waals surface area contributed by atoms with E-state index in [1.54, 1.807) is 6.07 Å². The highest BCUT2D eigenvalue weighted by Gasteiger charge is 2.11. The van der Waals surface area contributed by atoms with Crippen LogP contribution in [0, 0.1) is 0 Å². The lowest BCUT2D eigenvalue weighted by Crippen LogP contribution is -2.39. The Labute approximate surface area is 114 Å². The van der Waals surface area contributed by atoms with Crippen LogP contribution in [0.2, 0.25) is 0 Å². The lowest BCUT2D eigenvalue weighted by Gasteiger charge is -2.13. The summed E-state index contributed by atoms with van der Waals surface area (Å²) < 4.78 is 0.724. The molecule has 6 N–H and O–H groups in total. The second-order valence-electron chi connectivity index (χ2n) is 3.58. The van der Waals surface area contributed by atoms with Crippen LogP contribution in [0.4, 0.5) is 16.2 Å². The molecule has 0 aromatic heterocycles. The summed E-state index contributed by atoms with van der Waals surface area (Å²) in [5.74, 6) is 0.0529. The third-order valence-corrected chi connectivity index (χ3v) is 2.92. The van der Waals surface area contributed by atoms with Crippen molar-refractivity contribution < 1.29 is 4.79 Å². The van der Waals surface area contributed by atoms with Gasteiger partial charge in [-0.05, 0) is 40.0 Å². The van der Waals surface area contributed by atoms with Crippen molar-refractivity contribution in [3.8, 4) is 0 Å². The van der Waals surface area contributed by atoms with E-state index in [2.05, 4.69) is 31.6 Å². The van der Waals surface area contributed by atoms with E-state index >= 15 is 0 Å². The number of aryl methyl sites for hydroxylation is 1. The molecule has 18 heavy (non-hydrogen) atoms. The van der Waals surface area contributed by atoms with Gasteiger partial charge in [0, 0.05) is 17.2 Å². The average Bonchev–Trinajstić information content (AvgIpc) is 2.31. The number of carbonyl (C=O) groups excluding carboxylic acids is 1. The molecule has 0 unspecified atom stereocenters. The minimum atomic E-state index is -0.446. The van der Waals surface area contributed by atoms with Crippen molar-refractivity contribution >= 4 is 39.3 Å². The number of nitrogens with two attached hydrogens (primary N) is 2. The second-order valence-corrected chi connectivity index (χ2v) is 4.43. The van der Waals surface area contributed by atoms with Crippen LogP contribution in [0.5, 0.6) is 0 Å². The standard InChI is InChI=1S/C11H16BrN5O/c1-3-6-4-7(13)5-8(12)9(6)16-11(18)17-10(14)15-2/h4-5H,3,13H2,1-2H3,(H4,14,15,16,17,18). The number of rotatable bonds is 2. The Morgan fingerprint density at radius 2 is 2.17 bits per heavy atom. The third-order valence-electron chi connectivity index (χ3n) is 2.30. The lowest BCUT2D eigenvalue weighted by molar-refractivity contribution is 0.256. The second kappa shape index (κ2) is 6.25. The zero-order chi connectivity index (χ0) is 13.7. The van der Waals surface area contributed by atoms with Crippen molar-refractivity contribution in [2.75, 3.05) is 18.1 Å². The molecule has 6 nitrogen and oxygen atoms in total. The van der Waals surface area contributed by atoms with Gasteiger partial charge in [0.2, 0.25) is 0 Å². The first kappa shape index (κ1) is 14.3. The average molecular weight is 314 g/mol. The van der Waals surface area contributed by atoms with Crippen LogP contribution in [0.3, 0.4) is 0 Å². The largest absolute Gasteiger partial charge is 0.399 e. The molecule has 1 rings (SSSR count). The number of amides is 2. The number of hydrogen-bond donors (Lipinski definition) is 4. The highest BCUT2D eigenvalue weighted by molar-refractivity contribution is 9.10. The van der Waals surface area contributed by atoms with Crippen molar-refractivity contribution in [1.82, 2.24) is 5.32 Å². The fourth-order valence-corrected chi connectivity index (χ4v) is 2.04. The summed E-state index contributed by atoms with van der Waals surface area (Å²) in [5, 5.41) is 5.11. The van der Waals surface area contributed by atoms with E-state index < -0.39 is 6.03 Å². The minimum absolute atomic E-state index is 0.0529. The van der Waals surface area contributed by atoms with E-state index in [1.807, 2.05) is 13.0 Å². The predicted octanol–water partition coefficient (Wildman–Crippen LogP) is 1.66. The van der Waals surface area contributed by atoms with Gasteiger partial charge in [-0.3, -0.25) is 10.3 Å². The number of nitrogen functional groups attached to an aromatic ring is 1. The number of hydrogen-bond acceptors (Lipinski definition) is 3. The van der Waals surface area contributed by atoms with E-state index in [1.165, 1.54) is 7.05 Å². The molecule has 0 aliphatic carbocycles. The number of nitrogens with one attached hydrogen (secondary N) is 2. The Balaban J connectivity index is 2.93. The van der Waals surface area contributed by atoms with E-state index in [0.29, 0.717) is 11.4 Å². The summed E-state index contributed by atoms with van der Waals surface area (Å²) in [7, 11) is 1.49. The molecular weight excluding hydrogens is 298 g/mol. The Bertz CT molecular complexity index is 487. The van der Waals surface area contributed by atoms with Crippen LogP contribution in [-0.2, 0) is 6.42 Å². The molecule has 0 bridgehead atoms. The van der Waals surface area contributed by atoms with Crippen LogP contribution < -0.4 is 22.1 Å². The molecule has 1 aromatic carbocycles. The van der Waals surface area contributed by atoms with Gasteiger partial charge in [0.15, 0.2) is 5.96 Å². The number of anilines is 2. The fraction of sp³-hybridized carbons (Fsp3) is 0.273. The number of nitrogens with zero attached hydrogens (tertiary/aromatic N) is 1. The lowest BCUT2D eigenvalue weighted by atomic mass is 10.1. The molecule has 0 radical (unpaired) electrons. The number of aliphatic imine (C=N–C) groups is 1. The molecule has 0 saturated carbocycles. The van der Waals surface area contributed by atoms with Crippen molar-refractivity contribution in [2.45, 2.75) is 13.3 Å². The number of benzene rings is 1. The minimum Gasteiger partial charge on any atom is -0.399 e. The van der Waals surface area contributed by atoms with Crippen molar-refractivity contribution in [1.29, 1.82) is 0 Å². The molecule has 0 saturated heterocycles. The maximum absolute atomic E-state index is 11.7. The molecule has 98 valence electrons. The summed E-state index contributed by atoms with van der Waals surface area (Å²) in [6.45, 7) is 1.98. The number of carbonyl (C=O) groups is 1. The van der Waals surface area contributed by atoms with Gasteiger partial charge in [-0.15, -0.1) is 0 Å². The molecule has 0 heterocycles. The van der Waals surface area contributed by atoms with E-state index in [-0.39, 0.29) is 5.96 Å². The summed E-state index contributed by atoms with van der Waals surface area (Å²) in [6.07, 6.45) is 0.747. The van der Waals surface area contributed by atoms with E-state index in [4.69, 9.17) is 11.5 Å². The maximum atomic E-state index is 11.7. The molecule has 0 aliphatic rings. The first-order valence-electron chi connectivity index (χ1n) is 5.36. The summed E-state index contributed by atoms with van der Waals surface area (Å²) >= 11 is 3.37. The van der Waals surface area contributed by atoms with Crippen LogP contribution >= 0.6 is 15.9 Å². The highest BCUT2D eigenvalue weighted by Crippen LogP contribution is 2.29. The van der Waals surface area contributed by atoms with Gasteiger partial charge < -0.3 is 16.8 Å². The van der Waals surface area contributed by atoms with Gasteiger partial charge in [-0.1, -0.05) is 6.92 Å². The maximum Gasteiger partial charge on any atom is 0.326 e. The van der Waals surface area contributed by atoms with Crippen molar-refractivity contribution in [2.24, 2.45) is 10.7 Å². The van der Waals surface area contributed by atoms with Gasteiger partial charge in [0.05, 0.1) is 5.69 Å². The molecule has 0 atom stereocenters. The number of urea groups is 1. The summed E-state index contributed by atoms with van der Waals surface area (Å²) in [5.41, 5.74) is 13.4. The molecule has 2 amide bonds. The molecule has 0 aliphatic heterocycles. The van der Waals surface area contributed by atoms with Crippen LogP contribution in [0.1, 0.15) is 12.5 Å². The Kier molecular flexibility index (Phi) is 4.96. The summed E-state index contributed by atoms with van der Waals surface area (Å²) in [4.78, 5) is 15.3. The molecule has 0 spiro atoms. The molecular formula is C11H16BrN5O. The smallest absolute Gasteiger partial charge is 0.326 e. The first-order valence-corrected chi connectivity index (χ1v) is 6.15. The van der Waals surface area contributed by atoms with Crippen molar-refractivity contribution in [3.05, 3.63) is 22.2 Å².